The molecular formula is C16H21N3O2. The van der Waals surface area contributed by atoms with Crippen LogP contribution in [0.5, 0.6) is 0 Å². The fraction of sp³-hybridized carbons (Fsp3) is 0.500. The third kappa shape index (κ3) is 3.24. The van der Waals surface area contributed by atoms with Crippen molar-refractivity contribution < 1.29 is 9.59 Å². The number of carbonyl (C=O) groups excluding carboxylic acids is 2. The van der Waals surface area contributed by atoms with Crippen molar-refractivity contribution in [1.82, 2.24) is 10.6 Å². The minimum Gasteiger partial charge on any atom is -0.344 e. The van der Waals surface area contributed by atoms with Gasteiger partial charge in [-0.1, -0.05) is 18.2 Å². The zero-order valence-electron chi connectivity index (χ0n) is 12.0. The minimum absolute atomic E-state index is 0.00562. The molecule has 0 aliphatic carbocycles. The van der Waals surface area contributed by atoms with Gasteiger partial charge < -0.3 is 15.5 Å². The van der Waals surface area contributed by atoms with Crippen molar-refractivity contribution in [1.29, 1.82) is 0 Å². The molecule has 1 aromatic carbocycles. The summed E-state index contributed by atoms with van der Waals surface area (Å²) in [6, 6.07) is 9.50. The fourth-order valence-electron chi connectivity index (χ4n) is 3.09. The smallest absolute Gasteiger partial charge is 0.249 e. The molecule has 0 saturated carbocycles. The minimum atomic E-state index is -0.376. The average molecular weight is 287 g/mol. The van der Waals surface area contributed by atoms with Crippen LogP contribution in [-0.2, 0) is 9.59 Å². The number of para-hydroxylation sites is 1. The molecular weight excluding hydrogens is 266 g/mol. The Kier molecular flexibility index (Phi) is 4.20. The SMILES string of the molecule is O=C(CC1CCCN1)NC1CCN(c2ccccc2)C1=O. The molecule has 2 amide bonds. The molecule has 0 spiro atoms. The van der Waals surface area contributed by atoms with Gasteiger partial charge in [-0.15, -0.1) is 0 Å². The fourth-order valence-corrected chi connectivity index (χ4v) is 3.09. The molecule has 2 heterocycles. The van der Waals surface area contributed by atoms with Crippen molar-refractivity contribution >= 4 is 17.5 Å². The molecule has 2 aliphatic heterocycles. The summed E-state index contributed by atoms with van der Waals surface area (Å²) in [6.07, 6.45) is 3.32. The van der Waals surface area contributed by atoms with Gasteiger partial charge in [0.1, 0.15) is 6.04 Å². The van der Waals surface area contributed by atoms with Gasteiger partial charge in [0.2, 0.25) is 11.8 Å². The molecule has 0 radical (unpaired) electrons. The van der Waals surface area contributed by atoms with Crippen LogP contribution >= 0.6 is 0 Å². The highest BCUT2D eigenvalue weighted by Crippen LogP contribution is 2.21. The van der Waals surface area contributed by atoms with Crippen LogP contribution < -0.4 is 15.5 Å². The largest absolute Gasteiger partial charge is 0.344 e. The lowest BCUT2D eigenvalue weighted by Crippen LogP contribution is -2.43. The lowest BCUT2D eigenvalue weighted by Gasteiger charge is -2.17. The van der Waals surface area contributed by atoms with E-state index in [2.05, 4.69) is 10.6 Å². The predicted octanol–water partition coefficient (Wildman–Crippen LogP) is 1.05. The third-order valence-electron chi connectivity index (χ3n) is 4.20. The Morgan fingerprint density at radius 1 is 1.29 bits per heavy atom. The highest BCUT2D eigenvalue weighted by molar-refractivity contribution is 6.01. The topological polar surface area (TPSA) is 61.4 Å². The van der Waals surface area contributed by atoms with Crippen molar-refractivity contribution in [2.24, 2.45) is 0 Å². The lowest BCUT2D eigenvalue weighted by molar-refractivity contribution is -0.126. The molecule has 2 saturated heterocycles. The maximum atomic E-state index is 12.4. The van der Waals surface area contributed by atoms with Crippen LogP contribution in [0.4, 0.5) is 5.69 Å². The van der Waals surface area contributed by atoms with Gasteiger partial charge >= 0.3 is 0 Å². The molecule has 2 fully saturated rings. The number of benzene rings is 1. The van der Waals surface area contributed by atoms with E-state index in [1.807, 2.05) is 30.3 Å². The monoisotopic (exact) mass is 287 g/mol. The van der Waals surface area contributed by atoms with Crippen LogP contribution in [0.2, 0.25) is 0 Å². The van der Waals surface area contributed by atoms with E-state index in [1.165, 1.54) is 0 Å². The summed E-state index contributed by atoms with van der Waals surface area (Å²) in [7, 11) is 0. The summed E-state index contributed by atoms with van der Waals surface area (Å²) in [5.74, 6) is -0.0309. The highest BCUT2D eigenvalue weighted by atomic mass is 16.2. The quantitative estimate of drug-likeness (QED) is 0.870. The Balaban J connectivity index is 1.55. The molecule has 2 unspecified atom stereocenters. The predicted molar refractivity (Wildman–Crippen MR) is 81.0 cm³/mol. The summed E-state index contributed by atoms with van der Waals surface area (Å²) in [4.78, 5) is 26.1. The Morgan fingerprint density at radius 3 is 2.81 bits per heavy atom. The van der Waals surface area contributed by atoms with E-state index in [0.717, 1.165) is 25.1 Å². The van der Waals surface area contributed by atoms with E-state index in [9.17, 15) is 9.59 Å². The first-order valence-electron chi connectivity index (χ1n) is 7.63. The number of hydrogen-bond donors (Lipinski definition) is 2. The summed E-state index contributed by atoms with van der Waals surface area (Å²) in [5, 5.41) is 6.19. The number of nitrogens with one attached hydrogen (secondary N) is 2. The Hall–Kier alpha value is -1.88. The van der Waals surface area contributed by atoms with E-state index in [0.29, 0.717) is 19.4 Å². The molecule has 3 rings (SSSR count). The molecule has 1 aromatic rings. The summed E-state index contributed by atoms with van der Waals surface area (Å²) in [6.45, 7) is 1.65. The maximum Gasteiger partial charge on any atom is 0.249 e. The first-order chi connectivity index (χ1) is 10.2. The molecule has 5 heteroatoms. The average Bonchev–Trinajstić information content (AvgIpc) is 3.11. The molecule has 112 valence electrons. The molecule has 2 N–H and O–H groups in total. The van der Waals surface area contributed by atoms with Crippen molar-refractivity contribution in [2.45, 2.75) is 37.8 Å². The van der Waals surface area contributed by atoms with Crippen LogP contribution in [-0.4, -0.2) is 37.0 Å². The van der Waals surface area contributed by atoms with Crippen LogP contribution in [0.25, 0.3) is 0 Å². The van der Waals surface area contributed by atoms with E-state index < -0.39 is 0 Å². The normalized spacial score (nSPS) is 25.3. The lowest BCUT2D eigenvalue weighted by atomic mass is 10.1. The summed E-state index contributed by atoms with van der Waals surface area (Å²) in [5.41, 5.74) is 0.900. The van der Waals surface area contributed by atoms with Crippen LogP contribution in [0, 0.1) is 0 Å². The Bertz CT molecular complexity index is 512. The van der Waals surface area contributed by atoms with E-state index in [1.54, 1.807) is 4.90 Å². The Morgan fingerprint density at radius 2 is 2.10 bits per heavy atom. The van der Waals surface area contributed by atoms with Crippen LogP contribution in [0.3, 0.4) is 0 Å². The number of anilines is 1. The molecule has 0 bridgehead atoms. The van der Waals surface area contributed by atoms with E-state index in [-0.39, 0.29) is 23.9 Å². The van der Waals surface area contributed by atoms with E-state index in [4.69, 9.17) is 0 Å². The van der Waals surface area contributed by atoms with Gasteiger partial charge in [0.05, 0.1) is 0 Å². The highest BCUT2D eigenvalue weighted by Gasteiger charge is 2.33. The van der Waals surface area contributed by atoms with Gasteiger partial charge in [0, 0.05) is 24.7 Å². The van der Waals surface area contributed by atoms with E-state index >= 15 is 0 Å². The van der Waals surface area contributed by atoms with Crippen molar-refractivity contribution in [3.8, 4) is 0 Å². The number of nitrogens with zero attached hydrogens (tertiary/aromatic N) is 1. The van der Waals surface area contributed by atoms with Gasteiger partial charge in [0.25, 0.3) is 0 Å². The molecule has 5 nitrogen and oxygen atoms in total. The van der Waals surface area contributed by atoms with Gasteiger partial charge in [-0.05, 0) is 37.9 Å². The second-order valence-electron chi connectivity index (χ2n) is 5.73. The van der Waals surface area contributed by atoms with Crippen molar-refractivity contribution in [2.75, 3.05) is 18.0 Å². The number of rotatable bonds is 4. The van der Waals surface area contributed by atoms with Gasteiger partial charge in [-0.25, -0.2) is 0 Å². The second-order valence-corrected chi connectivity index (χ2v) is 5.73. The zero-order valence-corrected chi connectivity index (χ0v) is 12.0. The molecule has 0 aromatic heterocycles. The molecule has 21 heavy (non-hydrogen) atoms. The van der Waals surface area contributed by atoms with Crippen molar-refractivity contribution in [3.05, 3.63) is 30.3 Å². The number of amides is 2. The number of carbonyl (C=O) groups is 2. The summed E-state index contributed by atoms with van der Waals surface area (Å²) >= 11 is 0. The summed E-state index contributed by atoms with van der Waals surface area (Å²) < 4.78 is 0. The van der Waals surface area contributed by atoms with Gasteiger partial charge in [-0.3, -0.25) is 9.59 Å². The maximum absolute atomic E-state index is 12.4. The molecule has 2 atom stereocenters. The standard InChI is InChI=1S/C16H21N3O2/c20-15(11-12-5-4-9-17-12)18-14-8-10-19(16(14)21)13-6-2-1-3-7-13/h1-3,6-7,12,14,17H,4-5,8-11H2,(H,18,20). The van der Waals surface area contributed by atoms with Crippen LogP contribution in [0.15, 0.2) is 30.3 Å². The first kappa shape index (κ1) is 14.1. The number of hydrogen-bond acceptors (Lipinski definition) is 3. The van der Waals surface area contributed by atoms with Gasteiger partial charge in [0.15, 0.2) is 0 Å². The van der Waals surface area contributed by atoms with Crippen molar-refractivity contribution in [3.63, 3.8) is 0 Å². The third-order valence-corrected chi connectivity index (χ3v) is 4.20. The van der Waals surface area contributed by atoms with Gasteiger partial charge in [-0.2, -0.15) is 0 Å². The first-order valence-corrected chi connectivity index (χ1v) is 7.63. The second kappa shape index (κ2) is 6.26. The zero-order chi connectivity index (χ0) is 14.7. The Labute approximate surface area is 124 Å². The van der Waals surface area contributed by atoms with Crippen LogP contribution in [0.1, 0.15) is 25.7 Å². The molecule has 2 aliphatic rings.